The summed E-state index contributed by atoms with van der Waals surface area (Å²) in [6.07, 6.45) is 6.37. The van der Waals surface area contributed by atoms with E-state index in [0.29, 0.717) is 6.61 Å². The third-order valence-electron chi connectivity index (χ3n) is 5.25. The Labute approximate surface area is 178 Å². The predicted octanol–water partition coefficient (Wildman–Crippen LogP) is 5.96. The maximum Gasteiger partial charge on any atom is 0.124 e. The number of nitrogens with zero attached hydrogens (tertiary/aromatic N) is 1. The lowest BCUT2D eigenvalue weighted by atomic mass is 10.1. The highest BCUT2D eigenvalue weighted by Gasteiger charge is 2.05. The molecular formula is C26H40N2O. The molecule has 29 heavy (non-hydrogen) atoms. The zero-order valence-electron chi connectivity index (χ0n) is 18.8. The summed E-state index contributed by atoms with van der Waals surface area (Å²) in [5, 5.41) is 3.61. The fraction of sp³-hybridized carbons (Fsp3) is 0.538. The number of benzene rings is 2. The molecule has 2 rings (SSSR count). The van der Waals surface area contributed by atoms with Crippen LogP contribution in [0.3, 0.4) is 0 Å². The van der Waals surface area contributed by atoms with E-state index in [4.69, 9.17) is 4.74 Å². The van der Waals surface area contributed by atoms with E-state index in [9.17, 15) is 0 Å². The third kappa shape index (κ3) is 9.47. The molecule has 3 heteroatoms. The summed E-state index contributed by atoms with van der Waals surface area (Å²) in [5.41, 5.74) is 3.72. The standard InChI is InChI=1S/C26H40N2O/c1-4-6-17-28(18-7-5-2)19-11-16-27-21-25-14-8-9-15-26(25)29-22-24-13-10-12-23(3)20-24/h8-10,12-15,20,27H,4-7,11,16-19,21-22H2,1-3H3. The summed E-state index contributed by atoms with van der Waals surface area (Å²) in [7, 11) is 0. The van der Waals surface area contributed by atoms with E-state index in [1.54, 1.807) is 0 Å². The van der Waals surface area contributed by atoms with Crippen molar-refractivity contribution in [3.63, 3.8) is 0 Å². The molecule has 0 aliphatic rings. The zero-order chi connectivity index (χ0) is 20.7. The first kappa shape index (κ1) is 23.4. The molecule has 0 aliphatic heterocycles. The Morgan fingerprint density at radius 3 is 2.31 bits per heavy atom. The molecule has 0 heterocycles. The molecule has 0 saturated heterocycles. The number of nitrogens with one attached hydrogen (secondary N) is 1. The van der Waals surface area contributed by atoms with Crippen LogP contribution in [0.15, 0.2) is 48.5 Å². The molecular weight excluding hydrogens is 356 g/mol. The smallest absolute Gasteiger partial charge is 0.124 e. The number of hydrogen-bond donors (Lipinski definition) is 1. The van der Waals surface area contributed by atoms with Crippen LogP contribution in [0.1, 0.15) is 62.6 Å². The molecule has 0 atom stereocenters. The minimum Gasteiger partial charge on any atom is -0.489 e. The molecule has 0 bridgehead atoms. The fourth-order valence-electron chi connectivity index (χ4n) is 3.50. The molecule has 0 spiro atoms. The van der Waals surface area contributed by atoms with E-state index >= 15 is 0 Å². The van der Waals surface area contributed by atoms with Gasteiger partial charge in [-0.25, -0.2) is 0 Å². The lowest BCUT2D eigenvalue weighted by Gasteiger charge is -2.22. The van der Waals surface area contributed by atoms with Gasteiger partial charge in [0.15, 0.2) is 0 Å². The van der Waals surface area contributed by atoms with Gasteiger partial charge >= 0.3 is 0 Å². The van der Waals surface area contributed by atoms with Crippen LogP contribution in [0.4, 0.5) is 0 Å². The predicted molar refractivity (Wildman–Crippen MR) is 125 cm³/mol. The minimum atomic E-state index is 0.614. The highest BCUT2D eigenvalue weighted by molar-refractivity contribution is 5.33. The second-order valence-corrected chi connectivity index (χ2v) is 7.96. The van der Waals surface area contributed by atoms with Crippen molar-refractivity contribution in [3.05, 3.63) is 65.2 Å². The number of rotatable bonds is 15. The Hall–Kier alpha value is -1.84. The van der Waals surface area contributed by atoms with Crippen molar-refractivity contribution >= 4 is 0 Å². The van der Waals surface area contributed by atoms with Crippen molar-refractivity contribution in [2.75, 3.05) is 26.2 Å². The quantitative estimate of drug-likeness (QED) is 0.376. The topological polar surface area (TPSA) is 24.5 Å². The first-order valence-corrected chi connectivity index (χ1v) is 11.4. The second kappa shape index (κ2) is 14.2. The van der Waals surface area contributed by atoms with E-state index < -0.39 is 0 Å². The molecule has 3 nitrogen and oxygen atoms in total. The van der Waals surface area contributed by atoms with Gasteiger partial charge < -0.3 is 15.0 Å². The Kier molecular flexibility index (Phi) is 11.5. The number of hydrogen-bond acceptors (Lipinski definition) is 3. The lowest BCUT2D eigenvalue weighted by Crippen LogP contribution is -2.29. The Bertz CT molecular complexity index is 678. The molecule has 0 amide bonds. The van der Waals surface area contributed by atoms with Gasteiger partial charge in [0.05, 0.1) is 0 Å². The zero-order valence-corrected chi connectivity index (χ0v) is 18.8. The third-order valence-corrected chi connectivity index (χ3v) is 5.25. The van der Waals surface area contributed by atoms with Gasteiger partial charge in [0, 0.05) is 12.1 Å². The maximum atomic E-state index is 6.11. The van der Waals surface area contributed by atoms with Crippen molar-refractivity contribution in [1.82, 2.24) is 10.2 Å². The number of para-hydroxylation sites is 1. The molecule has 2 aromatic rings. The molecule has 0 saturated carbocycles. The highest BCUT2D eigenvalue weighted by Crippen LogP contribution is 2.19. The lowest BCUT2D eigenvalue weighted by molar-refractivity contribution is 0.260. The van der Waals surface area contributed by atoms with Gasteiger partial charge in [-0.05, 0) is 64.0 Å². The van der Waals surface area contributed by atoms with Crippen LogP contribution in [0.25, 0.3) is 0 Å². The van der Waals surface area contributed by atoms with Gasteiger partial charge in [0.1, 0.15) is 12.4 Å². The van der Waals surface area contributed by atoms with Crippen molar-refractivity contribution in [3.8, 4) is 5.75 Å². The number of aryl methyl sites for hydroxylation is 1. The molecule has 0 aliphatic carbocycles. The van der Waals surface area contributed by atoms with Crippen LogP contribution in [-0.2, 0) is 13.2 Å². The van der Waals surface area contributed by atoms with Gasteiger partial charge in [-0.1, -0.05) is 74.7 Å². The Morgan fingerprint density at radius 1 is 0.862 bits per heavy atom. The van der Waals surface area contributed by atoms with Gasteiger partial charge in [-0.2, -0.15) is 0 Å². The summed E-state index contributed by atoms with van der Waals surface area (Å²) >= 11 is 0. The molecule has 0 unspecified atom stereocenters. The van der Waals surface area contributed by atoms with E-state index in [0.717, 1.165) is 18.8 Å². The van der Waals surface area contributed by atoms with Crippen LogP contribution in [-0.4, -0.2) is 31.1 Å². The highest BCUT2D eigenvalue weighted by atomic mass is 16.5. The maximum absolute atomic E-state index is 6.11. The van der Waals surface area contributed by atoms with Gasteiger partial charge in [-0.15, -0.1) is 0 Å². The van der Waals surface area contributed by atoms with Crippen LogP contribution in [0.2, 0.25) is 0 Å². The van der Waals surface area contributed by atoms with Crippen molar-refractivity contribution in [2.24, 2.45) is 0 Å². The van der Waals surface area contributed by atoms with Crippen LogP contribution in [0.5, 0.6) is 5.75 Å². The molecule has 0 aromatic heterocycles. The molecule has 2 aromatic carbocycles. The molecule has 1 N–H and O–H groups in total. The van der Waals surface area contributed by atoms with Crippen LogP contribution >= 0.6 is 0 Å². The molecule has 0 radical (unpaired) electrons. The summed E-state index contributed by atoms with van der Waals surface area (Å²) in [6, 6.07) is 16.9. The minimum absolute atomic E-state index is 0.614. The first-order valence-electron chi connectivity index (χ1n) is 11.4. The average molecular weight is 397 g/mol. The van der Waals surface area contributed by atoms with Gasteiger partial charge in [-0.3, -0.25) is 0 Å². The van der Waals surface area contributed by atoms with Gasteiger partial charge in [0.25, 0.3) is 0 Å². The largest absolute Gasteiger partial charge is 0.489 e. The van der Waals surface area contributed by atoms with Crippen LogP contribution in [0, 0.1) is 6.92 Å². The Morgan fingerprint density at radius 2 is 1.59 bits per heavy atom. The fourth-order valence-corrected chi connectivity index (χ4v) is 3.50. The van der Waals surface area contributed by atoms with E-state index in [1.807, 2.05) is 0 Å². The van der Waals surface area contributed by atoms with E-state index in [2.05, 4.69) is 79.5 Å². The summed E-state index contributed by atoms with van der Waals surface area (Å²) in [5.74, 6) is 0.981. The van der Waals surface area contributed by atoms with E-state index in [-0.39, 0.29) is 0 Å². The molecule has 0 fully saturated rings. The van der Waals surface area contributed by atoms with Crippen molar-refractivity contribution < 1.29 is 4.74 Å². The normalized spacial score (nSPS) is 11.2. The van der Waals surface area contributed by atoms with Gasteiger partial charge in [0.2, 0.25) is 0 Å². The summed E-state index contributed by atoms with van der Waals surface area (Å²) < 4.78 is 6.11. The van der Waals surface area contributed by atoms with Crippen molar-refractivity contribution in [1.29, 1.82) is 0 Å². The van der Waals surface area contributed by atoms with E-state index in [1.165, 1.54) is 68.4 Å². The monoisotopic (exact) mass is 396 g/mol. The summed E-state index contributed by atoms with van der Waals surface area (Å²) in [6.45, 7) is 12.9. The van der Waals surface area contributed by atoms with Crippen LogP contribution < -0.4 is 10.1 Å². The SMILES string of the molecule is CCCCN(CCCC)CCCNCc1ccccc1OCc1cccc(C)c1. The second-order valence-electron chi connectivity index (χ2n) is 7.96. The number of unbranched alkanes of at least 4 members (excludes halogenated alkanes) is 2. The summed E-state index contributed by atoms with van der Waals surface area (Å²) in [4.78, 5) is 2.63. The average Bonchev–Trinajstić information content (AvgIpc) is 2.74. The number of ether oxygens (including phenoxy) is 1. The Balaban J connectivity index is 1.74. The first-order chi connectivity index (χ1) is 14.2. The molecule has 160 valence electrons. The van der Waals surface area contributed by atoms with Crippen molar-refractivity contribution in [2.45, 2.75) is 66.0 Å².